The number of unbranched alkanes of at least 4 members (excludes halogenated alkanes) is 1. The zero-order chi connectivity index (χ0) is 27.5. The van der Waals surface area contributed by atoms with Gasteiger partial charge in [-0.15, -0.1) is 0 Å². The maximum absolute atomic E-state index is 13.8. The summed E-state index contributed by atoms with van der Waals surface area (Å²) in [5.74, 6) is -0.737. The molecule has 0 aliphatic rings. The van der Waals surface area contributed by atoms with Crippen LogP contribution < -0.4 is 9.62 Å². The van der Waals surface area contributed by atoms with E-state index in [1.165, 1.54) is 17.0 Å². The number of hydrogen-bond donors (Lipinski definition) is 1. The molecule has 0 saturated heterocycles. The summed E-state index contributed by atoms with van der Waals surface area (Å²) in [6.45, 7) is 5.98. The Morgan fingerprint density at radius 2 is 1.45 bits per heavy atom. The van der Waals surface area contributed by atoms with Gasteiger partial charge in [-0.3, -0.25) is 13.9 Å². The third-order valence-electron chi connectivity index (χ3n) is 6.44. The number of nitrogens with zero attached hydrogens (tertiary/aromatic N) is 2. The lowest BCUT2D eigenvalue weighted by molar-refractivity contribution is -0.139. The van der Waals surface area contributed by atoms with Crippen molar-refractivity contribution < 1.29 is 18.0 Å². The van der Waals surface area contributed by atoms with Crippen molar-refractivity contribution in [2.75, 3.05) is 17.4 Å². The van der Waals surface area contributed by atoms with E-state index in [1.807, 2.05) is 56.3 Å². The standard InChI is InChI=1S/C30H37N3O4S/c1-4-6-21-31-30(35)24(3)32(22-26-13-9-7-10-14-26)29(34)23-33(27-19-17-25(5-2)18-20-27)38(36,37)28-15-11-8-12-16-28/h7-20,24H,4-6,21-23H2,1-3H3,(H,31,35). The second-order valence-corrected chi connectivity index (χ2v) is 11.0. The summed E-state index contributed by atoms with van der Waals surface area (Å²) in [7, 11) is -4.05. The molecule has 0 saturated carbocycles. The van der Waals surface area contributed by atoms with Crippen molar-refractivity contribution in [3.8, 4) is 0 Å². The number of anilines is 1. The van der Waals surface area contributed by atoms with E-state index in [1.54, 1.807) is 37.3 Å². The molecule has 0 aliphatic carbocycles. The second-order valence-electron chi connectivity index (χ2n) is 9.17. The van der Waals surface area contributed by atoms with Crippen molar-refractivity contribution >= 4 is 27.5 Å². The van der Waals surface area contributed by atoms with Crippen LogP contribution in [0.15, 0.2) is 89.8 Å². The van der Waals surface area contributed by atoms with E-state index >= 15 is 0 Å². The Morgan fingerprint density at radius 1 is 0.842 bits per heavy atom. The number of hydrogen-bond acceptors (Lipinski definition) is 4. The molecular formula is C30H37N3O4S. The van der Waals surface area contributed by atoms with Gasteiger partial charge in [0.2, 0.25) is 11.8 Å². The Morgan fingerprint density at radius 3 is 2.03 bits per heavy atom. The van der Waals surface area contributed by atoms with Crippen LogP contribution >= 0.6 is 0 Å². The summed E-state index contributed by atoms with van der Waals surface area (Å²) in [6, 6.07) is 23.8. The highest BCUT2D eigenvalue weighted by atomic mass is 32.2. The summed E-state index contributed by atoms with van der Waals surface area (Å²) in [4.78, 5) is 28.3. The normalized spacial score (nSPS) is 12.0. The van der Waals surface area contributed by atoms with Crippen molar-refractivity contribution in [3.63, 3.8) is 0 Å². The van der Waals surface area contributed by atoms with Crippen molar-refractivity contribution in [2.45, 2.75) is 57.5 Å². The topological polar surface area (TPSA) is 86.8 Å². The van der Waals surface area contributed by atoms with Crippen LogP contribution in [0.25, 0.3) is 0 Å². The first-order chi connectivity index (χ1) is 18.3. The molecule has 38 heavy (non-hydrogen) atoms. The number of nitrogens with one attached hydrogen (secondary N) is 1. The Hall–Kier alpha value is -3.65. The van der Waals surface area contributed by atoms with Crippen molar-refractivity contribution in [1.29, 1.82) is 0 Å². The molecule has 202 valence electrons. The monoisotopic (exact) mass is 535 g/mol. The average Bonchev–Trinajstić information content (AvgIpc) is 2.95. The van der Waals surface area contributed by atoms with Gasteiger partial charge in [0.05, 0.1) is 10.6 Å². The quantitative estimate of drug-likeness (QED) is 0.319. The number of carbonyl (C=O) groups is 2. The molecule has 7 nitrogen and oxygen atoms in total. The van der Waals surface area contributed by atoms with E-state index in [-0.39, 0.29) is 17.3 Å². The largest absolute Gasteiger partial charge is 0.354 e. The smallest absolute Gasteiger partial charge is 0.264 e. The van der Waals surface area contributed by atoms with Crippen molar-refractivity contribution in [1.82, 2.24) is 10.2 Å². The van der Waals surface area contributed by atoms with Gasteiger partial charge in [-0.05, 0) is 55.2 Å². The number of benzene rings is 3. The minimum atomic E-state index is -4.05. The molecule has 8 heteroatoms. The van der Waals surface area contributed by atoms with Crippen LogP contribution in [0.3, 0.4) is 0 Å². The van der Waals surface area contributed by atoms with Crippen LogP contribution in [-0.4, -0.2) is 44.3 Å². The highest BCUT2D eigenvalue weighted by molar-refractivity contribution is 7.92. The predicted octanol–water partition coefficient (Wildman–Crippen LogP) is 4.78. The van der Waals surface area contributed by atoms with Crippen LogP contribution in [0.4, 0.5) is 5.69 Å². The second kappa shape index (κ2) is 13.8. The zero-order valence-electron chi connectivity index (χ0n) is 22.3. The van der Waals surface area contributed by atoms with E-state index < -0.39 is 28.5 Å². The number of sulfonamides is 1. The van der Waals surface area contributed by atoms with Gasteiger partial charge in [0.25, 0.3) is 10.0 Å². The number of aryl methyl sites for hydroxylation is 1. The summed E-state index contributed by atoms with van der Waals surface area (Å²) >= 11 is 0. The first-order valence-electron chi connectivity index (χ1n) is 13.1. The molecule has 3 aromatic carbocycles. The third-order valence-corrected chi connectivity index (χ3v) is 8.22. The number of carbonyl (C=O) groups excluding carboxylic acids is 2. The molecule has 1 unspecified atom stereocenters. The molecular weight excluding hydrogens is 498 g/mol. The Labute approximate surface area is 226 Å². The van der Waals surface area contributed by atoms with Crippen molar-refractivity contribution in [3.05, 3.63) is 96.1 Å². The Kier molecular flexibility index (Phi) is 10.5. The molecule has 0 radical (unpaired) electrons. The van der Waals surface area contributed by atoms with Crippen molar-refractivity contribution in [2.24, 2.45) is 0 Å². The first-order valence-corrected chi connectivity index (χ1v) is 14.5. The SMILES string of the molecule is CCCCNC(=O)C(C)N(Cc1ccccc1)C(=O)CN(c1ccc(CC)cc1)S(=O)(=O)c1ccccc1. The Bertz CT molecular complexity index is 1280. The molecule has 3 rings (SSSR count). The number of rotatable bonds is 13. The third kappa shape index (κ3) is 7.44. The molecule has 0 heterocycles. The van der Waals surface area contributed by atoms with Gasteiger partial charge in [-0.1, -0.05) is 80.9 Å². The fourth-order valence-corrected chi connectivity index (χ4v) is 5.48. The van der Waals surface area contributed by atoms with Gasteiger partial charge in [-0.25, -0.2) is 8.42 Å². The first kappa shape index (κ1) is 28.9. The highest BCUT2D eigenvalue weighted by Crippen LogP contribution is 2.25. The maximum atomic E-state index is 13.8. The molecule has 1 N–H and O–H groups in total. The van der Waals surface area contributed by atoms with E-state index in [2.05, 4.69) is 5.32 Å². The van der Waals surface area contributed by atoms with Gasteiger partial charge < -0.3 is 10.2 Å². The Balaban J connectivity index is 1.97. The average molecular weight is 536 g/mol. The minimum Gasteiger partial charge on any atom is -0.354 e. The van der Waals surface area contributed by atoms with Gasteiger partial charge in [0.1, 0.15) is 12.6 Å². The highest BCUT2D eigenvalue weighted by Gasteiger charge is 2.32. The molecule has 3 aromatic rings. The molecule has 0 fully saturated rings. The predicted molar refractivity (Wildman–Crippen MR) is 151 cm³/mol. The molecule has 0 spiro atoms. The maximum Gasteiger partial charge on any atom is 0.264 e. The fourth-order valence-electron chi connectivity index (χ4n) is 4.05. The summed E-state index contributed by atoms with van der Waals surface area (Å²) in [6.07, 6.45) is 2.58. The van der Waals surface area contributed by atoms with E-state index in [0.717, 1.165) is 34.7 Å². The van der Waals surface area contributed by atoms with Gasteiger partial charge >= 0.3 is 0 Å². The summed E-state index contributed by atoms with van der Waals surface area (Å²) < 4.78 is 28.6. The zero-order valence-corrected chi connectivity index (χ0v) is 23.2. The van der Waals surface area contributed by atoms with Crippen LogP contribution in [0.2, 0.25) is 0 Å². The summed E-state index contributed by atoms with van der Waals surface area (Å²) in [5, 5.41) is 2.89. The molecule has 1 atom stereocenters. The van der Waals surface area contributed by atoms with Crippen LogP contribution in [0.5, 0.6) is 0 Å². The van der Waals surface area contributed by atoms with E-state index in [9.17, 15) is 18.0 Å². The van der Waals surface area contributed by atoms with Gasteiger partial charge in [-0.2, -0.15) is 0 Å². The molecule has 0 aliphatic heterocycles. The minimum absolute atomic E-state index is 0.0901. The number of amides is 2. The van der Waals surface area contributed by atoms with E-state index in [4.69, 9.17) is 0 Å². The molecule has 2 amide bonds. The van der Waals surface area contributed by atoms with Gasteiger partial charge in [0, 0.05) is 13.1 Å². The van der Waals surface area contributed by atoms with E-state index in [0.29, 0.717) is 12.2 Å². The van der Waals surface area contributed by atoms with Crippen LogP contribution in [0, 0.1) is 0 Å². The lowest BCUT2D eigenvalue weighted by Gasteiger charge is -2.32. The fraction of sp³-hybridized carbons (Fsp3) is 0.333. The lowest BCUT2D eigenvalue weighted by Crippen LogP contribution is -2.51. The summed E-state index contributed by atoms with van der Waals surface area (Å²) in [5.41, 5.74) is 2.29. The lowest BCUT2D eigenvalue weighted by atomic mass is 10.1. The molecule has 0 bridgehead atoms. The molecule has 0 aromatic heterocycles. The van der Waals surface area contributed by atoms with Crippen LogP contribution in [0.1, 0.15) is 44.7 Å². The van der Waals surface area contributed by atoms with Gasteiger partial charge in [0.15, 0.2) is 0 Å². The van der Waals surface area contributed by atoms with Crippen LogP contribution in [-0.2, 0) is 32.6 Å².